The number of hydrogen-bond acceptors (Lipinski definition) is 5. The van der Waals surface area contributed by atoms with Crippen LogP contribution < -0.4 is 0 Å². The zero-order valence-electron chi connectivity index (χ0n) is 16.1. The smallest absolute Gasteiger partial charge is 0.309 e. The molecule has 2 aliphatic rings. The number of benzene rings is 1. The molecule has 2 aromatic rings. The highest BCUT2D eigenvalue weighted by atomic mass is 16.5. The van der Waals surface area contributed by atoms with Crippen LogP contribution in [0.4, 0.5) is 0 Å². The summed E-state index contributed by atoms with van der Waals surface area (Å²) >= 11 is 0. The molecule has 1 aromatic heterocycles. The number of oxazole rings is 1. The molecule has 1 unspecified atom stereocenters. The predicted octanol–water partition coefficient (Wildman–Crippen LogP) is 2.66. The van der Waals surface area contributed by atoms with Crippen LogP contribution in [0.1, 0.15) is 46.6 Å². The minimum absolute atomic E-state index is 0.119. The summed E-state index contributed by atoms with van der Waals surface area (Å²) in [5.41, 5.74) is 3.56. The summed E-state index contributed by atoms with van der Waals surface area (Å²) < 4.78 is 11.2. The van der Waals surface area contributed by atoms with Gasteiger partial charge in [-0.05, 0) is 24.0 Å². The summed E-state index contributed by atoms with van der Waals surface area (Å²) in [6.07, 6.45) is 2.84. The van der Waals surface area contributed by atoms with E-state index in [1.165, 1.54) is 11.1 Å². The third-order valence-electron chi connectivity index (χ3n) is 5.59. The van der Waals surface area contributed by atoms with Gasteiger partial charge in [0.15, 0.2) is 0 Å². The van der Waals surface area contributed by atoms with Crippen molar-refractivity contribution in [3.05, 3.63) is 52.7 Å². The van der Waals surface area contributed by atoms with Crippen molar-refractivity contribution >= 4 is 5.91 Å². The van der Waals surface area contributed by atoms with Crippen molar-refractivity contribution in [1.82, 2.24) is 14.8 Å². The van der Waals surface area contributed by atoms with Crippen LogP contribution in [0.3, 0.4) is 0 Å². The van der Waals surface area contributed by atoms with Crippen LogP contribution in [0, 0.1) is 0 Å². The maximum absolute atomic E-state index is 12.7. The lowest BCUT2D eigenvalue weighted by atomic mass is 10.1. The Morgan fingerprint density at radius 2 is 2.04 bits per heavy atom. The van der Waals surface area contributed by atoms with Gasteiger partial charge in [0.05, 0.1) is 11.8 Å². The molecule has 0 N–H and O–H groups in total. The van der Waals surface area contributed by atoms with E-state index in [4.69, 9.17) is 9.15 Å². The summed E-state index contributed by atoms with van der Waals surface area (Å²) in [4.78, 5) is 21.3. The van der Waals surface area contributed by atoms with Crippen molar-refractivity contribution < 1.29 is 13.9 Å². The van der Waals surface area contributed by atoms with Gasteiger partial charge >= 0.3 is 5.91 Å². The minimum atomic E-state index is -0.120. The Hall–Kier alpha value is -2.18. The fourth-order valence-corrected chi connectivity index (χ4v) is 3.86. The summed E-state index contributed by atoms with van der Waals surface area (Å²) in [7, 11) is 1.69. The summed E-state index contributed by atoms with van der Waals surface area (Å²) in [5.74, 6) is 0.968. The fourth-order valence-electron chi connectivity index (χ4n) is 3.86. The second-order valence-corrected chi connectivity index (χ2v) is 7.42. The van der Waals surface area contributed by atoms with Gasteiger partial charge in [0, 0.05) is 46.3 Å². The van der Waals surface area contributed by atoms with Crippen molar-refractivity contribution in [2.45, 2.75) is 45.4 Å². The third-order valence-corrected chi connectivity index (χ3v) is 5.59. The number of carbonyl (C=O) groups is 1. The van der Waals surface area contributed by atoms with Gasteiger partial charge in [-0.3, -0.25) is 9.69 Å². The molecular formula is C21H27N3O3. The number of nitrogens with zero attached hydrogens (tertiary/aromatic N) is 3. The van der Waals surface area contributed by atoms with Crippen molar-refractivity contribution in [3.63, 3.8) is 0 Å². The van der Waals surface area contributed by atoms with Crippen LogP contribution in [-0.4, -0.2) is 53.5 Å². The highest BCUT2D eigenvalue weighted by Gasteiger charge is 2.31. The molecule has 1 fully saturated rings. The number of methoxy groups -OCH3 is 1. The normalized spacial score (nSPS) is 20.1. The first-order chi connectivity index (χ1) is 13.2. The highest BCUT2D eigenvalue weighted by molar-refractivity contribution is 5.90. The third kappa shape index (κ3) is 3.92. The van der Waals surface area contributed by atoms with Crippen molar-refractivity contribution in [3.8, 4) is 0 Å². The van der Waals surface area contributed by atoms with Gasteiger partial charge < -0.3 is 14.1 Å². The van der Waals surface area contributed by atoms with E-state index in [0.29, 0.717) is 13.1 Å². The molecule has 1 atom stereocenters. The lowest BCUT2D eigenvalue weighted by Crippen LogP contribution is -2.30. The molecule has 1 aromatic carbocycles. The quantitative estimate of drug-likeness (QED) is 0.811. The molecule has 0 saturated carbocycles. The number of rotatable bonds is 5. The highest BCUT2D eigenvalue weighted by Crippen LogP contribution is 2.23. The van der Waals surface area contributed by atoms with E-state index >= 15 is 0 Å². The van der Waals surface area contributed by atoms with E-state index < -0.39 is 0 Å². The number of ether oxygens (including phenoxy) is 1. The number of hydrogen-bond donors (Lipinski definition) is 0. The molecule has 1 saturated heterocycles. The molecule has 0 radical (unpaired) electrons. The Morgan fingerprint density at radius 1 is 1.26 bits per heavy atom. The van der Waals surface area contributed by atoms with Gasteiger partial charge in [-0.2, -0.15) is 0 Å². The van der Waals surface area contributed by atoms with Gasteiger partial charge in [-0.15, -0.1) is 0 Å². The molecule has 6 nitrogen and oxygen atoms in total. The van der Waals surface area contributed by atoms with E-state index in [0.717, 1.165) is 50.4 Å². The zero-order valence-corrected chi connectivity index (χ0v) is 16.1. The number of fused-ring (bicyclic) bond motifs is 1. The van der Waals surface area contributed by atoms with Crippen molar-refractivity contribution in [2.24, 2.45) is 0 Å². The molecule has 0 aliphatic carbocycles. The van der Waals surface area contributed by atoms with Gasteiger partial charge in [0.1, 0.15) is 5.76 Å². The van der Waals surface area contributed by atoms with Crippen molar-refractivity contribution in [2.75, 3.05) is 26.7 Å². The van der Waals surface area contributed by atoms with Gasteiger partial charge in [-0.25, -0.2) is 4.98 Å². The minimum Gasteiger partial charge on any atom is -0.437 e. The van der Waals surface area contributed by atoms with Crippen LogP contribution in [0.5, 0.6) is 0 Å². The summed E-state index contributed by atoms with van der Waals surface area (Å²) in [6.45, 7) is 6.01. The summed E-state index contributed by atoms with van der Waals surface area (Å²) in [6, 6.07) is 8.79. The molecule has 1 amide bonds. The number of likely N-dealkylation sites (tertiary alicyclic amines) is 1. The van der Waals surface area contributed by atoms with E-state index in [1.807, 2.05) is 0 Å². The van der Waals surface area contributed by atoms with E-state index in [9.17, 15) is 4.79 Å². The summed E-state index contributed by atoms with van der Waals surface area (Å²) in [5, 5.41) is 0. The first kappa shape index (κ1) is 18.2. The van der Waals surface area contributed by atoms with Crippen LogP contribution in [0.25, 0.3) is 0 Å². The molecule has 0 bridgehead atoms. The Kier molecular flexibility index (Phi) is 5.27. The molecule has 0 spiro atoms. The number of aromatic nitrogens is 1. The SMILES string of the molecule is CCc1ccc(CN2CCc3oc(C(=O)N4CCC(OC)C4)nc3C2)cc1. The average molecular weight is 369 g/mol. The van der Waals surface area contributed by atoms with Gasteiger partial charge in [0.2, 0.25) is 0 Å². The maximum atomic E-state index is 12.7. The molecule has 4 rings (SSSR count). The monoisotopic (exact) mass is 369 g/mol. The Balaban J connectivity index is 1.40. The lowest BCUT2D eigenvalue weighted by molar-refractivity contribution is 0.0687. The molecule has 27 heavy (non-hydrogen) atoms. The second-order valence-electron chi connectivity index (χ2n) is 7.42. The van der Waals surface area contributed by atoms with E-state index in [2.05, 4.69) is 41.1 Å². The molecule has 144 valence electrons. The molecule has 3 heterocycles. The lowest BCUT2D eigenvalue weighted by Gasteiger charge is -2.25. The topological polar surface area (TPSA) is 58.8 Å². The van der Waals surface area contributed by atoms with E-state index in [-0.39, 0.29) is 17.9 Å². The predicted molar refractivity (Wildman–Crippen MR) is 101 cm³/mol. The average Bonchev–Trinajstić information content (AvgIpc) is 3.34. The first-order valence-electron chi connectivity index (χ1n) is 9.77. The zero-order chi connectivity index (χ0) is 18.8. The molecule has 6 heteroatoms. The van der Waals surface area contributed by atoms with E-state index in [1.54, 1.807) is 12.0 Å². The van der Waals surface area contributed by atoms with Crippen LogP contribution >= 0.6 is 0 Å². The van der Waals surface area contributed by atoms with Crippen LogP contribution in [0.15, 0.2) is 28.7 Å². The Labute approximate surface area is 160 Å². The molecule has 2 aliphatic heterocycles. The number of amides is 1. The van der Waals surface area contributed by atoms with Gasteiger partial charge in [-0.1, -0.05) is 31.2 Å². The maximum Gasteiger partial charge on any atom is 0.309 e. The fraction of sp³-hybridized carbons (Fsp3) is 0.524. The molecular weight excluding hydrogens is 342 g/mol. The number of carbonyl (C=O) groups excluding carboxylic acids is 1. The standard InChI is InChI=1S/C21H27N3O3/c1-3-15-4-6-16(7-5-15)12-23-10-9-19-18(14-23)22-20(27-19)21(25)24-11-8-17(13-24)26-2/h4-7,17H,3,8-14H2,1-2H3. The van der Waals surface area contributed by atoms with Gasteiger partial charge in [0.25, 0.3) is 5.89 Å². The Morgan fingerprint density at radius 3 is 2.74 bits per heavy atom. The van der Waals surface area contributed by atoms with Crippen molar-refractivity contribution in [1.29, 1.82) is 0 Å². The number of aryl methyl sites for hydroxylation is 1. The second kappa shape index (κ2) is 7.82. The Bertz CT molecular complexity index is 800. The van der Waals surface area contributed by atoms with Crippen LogP contribution in [0.2, 0.25) is 0 Å². The first-order valence-corrected chi connectivity index (χ1v) is 9.77. The largest absolute Gasteiger partial charge is 0.437 e. The van der Waals surface area contributed by atoms with Crippen LogP contribution in [-0.2, 0) is 30.7 Å².